The Labute approximate surface area is 171 Å². The maximum absolute atomic E-state index is 12.5. The lowest BCUT2D eigenvalue weighted by atomic mass is 10.2. The van der Waals surface area contributed by atoms with Crippen molar-refractivity contribution in [3.8, 4) is 0 Å². The molecule has 0 bridgehead atoms. The average Bonchev–Trinajstić information content (AvgIpc) is 3.41. The summed E-state index contributed by atoms with van der Waals surface area (Å²) in [4.78, 5) is 18.9. The van der Waals surface area contributed by atoms with Gasteiger partial charge in [0.1, 0.15) is 12.1 Å². The SMILES string of the molecule is CCNC(=NCc1nnc2ccccn12)NCCN(C(=O)OC(C)(C)C)C1CC1. The van der Waals surface area contributed by atoms with E-state index in [1.165, 1.54) is 0 Å². The molecule has 1 fully saturated rings. The number of hydrogen-bond acceptors (Lipinski definition) is 5. The van der Waals surface area contributed by atoms with Crippen LogP contribution in [0.2, 0.25) is 0 Å². The number of aliphatic imine (C=N–C) groups is 1. The molecule has 1 amide bonds. The largest absolute Gasteiger partial charge is 0.444 e. The molecule has 2 aromatic rings. The van der Waals surface area contributed by atoms with E-state index in [0.717, 1.165) is 30.9 Å². The molecule has 0 aromatic carbocycles. The molecule has 0 spiro atoms. The molecule has 0 atom stereocenters. The van der Waals surface area contributed by atoms with E-state index in [4.69, 9.17) is 4.74 Å². The molecule has 9 heteroatoms. The number of nitrogens with zero attached hydrogens (tertiary/aromatic N) is 5. The third-order valence-corrected chi connectivity index (χ3v) is 4.37. The number of nitrogens with one attached hydrogen (secondary N) is 2. The molecule has 1 aliphatic rings. The number of fused-ring (bicyclic) bond motifs is 1. The van der Waals surface area contributed by atoms with Crippen LogP contribution in [0.1, 0.15) is 46.4 Å². The van der Waals surface area contributed by atoms with Crippen LogP contribution in [-0.4, -0.2) is 62.8 Å². The molecule has 9 nitrogen and oxygen atoms in total. The van der Waals surface area contributed by atoms with Gasteiger partial charge in [0.2, 0.25) is 0 Å². The van der Waals surface area contributed by atoms with Gasteiger partial charge >= 0.3 is 6.09 Å². The topological polar surface area (TPSA) is 96.1 Å². The standard InChI is InChI=1S/C20H31N7O2/c1-5-21-18(23-14-17-25-24-16-8-6-7-12-27(16)17)22-11-13-26(15-9-10-15)19(28)29-20(2,3)4/h6-8,12,15H,5,9-11,13-14H2,1-4H3,(H2,21,22,23). The second kappa shape index (κ2) is 9.11. The fourth-order valence-electron chi connectivity index (χ4n) is 2.91. The van der Waals surface area contributed by atoms with E-state index in [9.17, 15) is 4.79 Å². The Hall–Kier alpha value is -2.84. The third kappa shape index (κ3) is 6.07. The normalized spacial score (nSPS) is 14.7. The zero-order valence-electron chi connectivity index (χ0n) is 17.7. The molecule has 2 aromatic heterocycles. The third-order valence-electron chi connectivity index (χ3n) is 4.37. The van der Waals surface area contributed by atoms with Crippen LogP contribution in [0.5, 0.6) is 0 Å². The number of rotatable bonds is 7. The molecule has 0 saturated heterocycles. The first kappa shape index (κ1) is 20.9. The molecule has 3 rings (SSSR count). The lowest BCUT2D eigenvalue weighted by molar-refractivity contribution is 0.0238. The lowest BCUT2D eigenvalue weighted by Gasteiger charge is -2.27. The number of aromatic nitrogens is 3. The minimum absolute atomic E-state index is 0.251. The zero-order valence-corrected chi connectivity index (χ0v) is 17.7. The number of guanidine groups is 1. The van der Waals surface area contributed by atoms with Gasteiger partial charge in [-0.1, -0.05) is 6.07 Å². The van der Waals surface area contributed by atoms with Crippen molar-refractivity contribution in [2.24, 2.45) is 4.99 Å². The number of carbonyl (C=O) groups is 1. The fraction of sp³-hybridized carbons (Fsp3) is 0.600. The highest BCUT2D eigenvalue weighted by Crippen LogP contribution is 2.28. The van der Waals surface area contributed by atoms with E-state index in [2.05, 4.69) is 25.8 Å². The van der Waals surface area contributed by atoms with E-state index < -0.39 is 5.60 Å². The molecule has 2 heterocycles. The number of carbonyl (C=O) groups excluding carboxylic acids is 1. The quantitative estimate of drug-likeness (QED) is 0.545. The van der Waals surface area contributed by atoms with Crippen LogP contribution in [0.25, 0.3) is 5.65 Å². The number of pyridine rings is 1. The van der Waals surface area contributed by atoms with Gasteiger partial charge in [-0.05, 0) is 52.7 Å². The van der Waals surface area contributed by atoms with Gasteiger partial charge in [-0.25, -0.2) is 9.79 Å². The lowest BCUT2D eigenvalue weighted by Crippen LogP contribution is -2.45. The zero-order chi connectivity index (χ0) is 20.9. The average molecular weight is 402 g/mol. The Morgan fingerprint density at radius 3 is 2.79 bits per heavy atom. The minimum atomic E-state index is -0.491. The van der Waals surface area contributed by atoms with E-state index in [1.54, 1.807) is 0 Å². The van der Waals surface area contributed by atoms with E-state index in [0.29, 0.717) is 25.6 Å². The molecular formula is C20H31N7O2. The molecule has 1 saturated carbocycles. The van der Waals surface area contributed by atoms with Crippen molar-refractivity contribution >= 4 is 17.7 Å². The monoisotopic (exact) mass is 401 g/mol. The fourth-order valence-corrected chi connectivity index (χ4v) is 2.91. The summed E-state index contributed by atoms with van der Waals surface area (Å²) in [6.07, 6.45) is 3.74. The van der Waals surface area contributed by atoms with E-state index in [-0.39, 0.29) is 12.1 Å². The first-order chi connectivity index (χ1) is 13.9. The van der Waals surface area contributed by atoms with Gasteiger partial charge in [-0.15, -0.1) is 10.2 Å². The second-order valence-electron chi connectivity index (χ2n) is 8.07. The van der Waals surface area contributed by atoms with Gasteiger partial charge in [0.25, 0.3) is 0 Å². The highest BCUT2D eigenvalue weighted by atomic mass is 16.6. The molecule has 1 aliphatic carbocycles. The van der Waals surface area contributed by atoms with Gasteiger partial charge in [0.15, 0.2) is 17.4 Å². The van der Waals surface area contributed by atoms with Crippen molar-refractivity contribution in [1.82, 2.24) is 30.1 Å². The summed E-state index contributed by atoms with van der Waals surface area (Å²) in [5, 5.41) is 14.9. The predicted molar refractivity (Wildman–Crippen MR) is 112 cm³/mol. The van der Waals surface area contributed by atoms with Gasteiger partial charge in [-0.3, -0.25) is 4.40 Å². The van der Waals surface area contributed by atoms with E-state index >= 15 is 0 Å². The predicted octanol–water partition coefficient (Wildman–Crippen LogP) is 2.18. The Morgan fingerprint density at radius 2 is 2.10 bits per heavy atom. The van der Waals surface area contributed by atoms with Crippen molar-refractivity contribution in [1.29, 1.82) is 0 Å². The van der Waals surface area contributed by atoms with Crippen LogP contribution >= 0.6 is 0 Å². The Kier molecular flexibility index (Phi) is 6.56. The molecule has 0 unspecified atom stereocenters. The number of amides is 1. The Bertz CT molecular complexity index is 852. The van der Waals surface area contributed by atoms with Crippen molar-refractivity contribution in [2.75, 3.05) is 19.6 Å². The van der Waals surface area contributed by atoms with Crippen LogP contribution in [0, 0.1) is 0 Å². The highest BCUT2D eigenvalue weighted by Gasteiger charge is 2.34. The van der Waals surface area contributed by atoms with Crippen LogP contribution in [0.3, 0.4) is 0 Å². The van der Waals surface area contributed by atoms with E-state index in [1.807, 2.05) is 61.4 Å². The molecule has 0 aliphatic heterocycles. The first-order valence-electron chi connectivity index (χ1n) is 10.2. The molecule has 158 valence electrons. The number of ether oxygens (including phenoxy) is 1. The molecule has 2 N–H and O–H groups in total. The molecular weight excluding hydrogens is 370 g/mol. The Balaban J connectivity index is 1.57. The smallest absolute Gasteiger partial charge is 0.410 e. The van der Waals surface area contributed by atoms with Crippen molar-refractivity contribution in [3.63, 3.8) is 0 Å². The maximum atomic E-state index is 12.5. The van der Waals surface area contributed by atoms with Crippen molar-refractivity contribution < 1.29 is 9.53 Å². The summed E-state index contributed by atoms with van der Waals surface area (Å²) in [7, 11) is 0. The van der Waals surface area contributed by atoms with Crippen LogP contribution in [-0.2, 0) is 11.3 Å². The van der Waals surface area contributed by atoms with Gasteiger partial charge in [0, 0.05) is 31.9 Å². The van der Waals surface area contributed by atoms with Crippen molar-refractivity contribution in [3.05, 3.63) is 30.2 Å². The second-order valence-corrected chi connectivity index (χ2v) is 8.07. The first-order valence-corrected chi connectivity index (χ1v) is 10.2. The molecule has 29 heavy (non-hydrogen) atoms. The summed E-state index contributed by atoms with van der Waals surface area (Å²) in [6.45, 7) is 9.97. The Morgan fingerprint density at radius 1 is 1.31 bits per heavy atom. The summed E-state index contributed by atoms with van der Waals surface area (Å²) in [5.41, 5.74) is 0.308. The maximum Gasteiger partial charge on any atom is 0.410 e. The van der Waals surface area contributed by atoms with Gasteiger partial charge in [-0.2, -0.15) is 0 Å². The number of hydrogen-bond donors (Lipinski definition) is 2. The van der Waals surface area contributed by atoms with Crippen LogP contribution in [0.15, 0.2) is 29.4 Å². The summed E-state index contributed by atoms with van der Waals surface area (Å²) in [5.74, 6) is 1.45. The minimum Gasteiger partial charge on any atom is -0.444 e. The summed E-state index contributed by atoms with van der Waals surface area (Å²) >= 11 is 0. The highest BCUT2D eigenvalue weighted by molar-refractivity contribution is 5.79. The van der Waals surface area contributed by atoms with Gasteiger partial charge < -0.3 is 20.3 Å². The van der Waals surface area contributed by atoms with Crippen LogP contribution in [0.4, 0.5) is 4.79 Å². The van der Waals surface area contributed by atoms with Gasteiger partial charge in [0.05, 0.1) is 0 Å². The summed E-state index contributed by atoms with van der Waals surface area (Å²) in [6, 6.07) is 6.07. The summed E-state index contributed by atoms with van der Waals surface area (Å²) < 4.78 is 7.46. The van der Waals surface area contributed by atoms with Crippen molar-refractivity contribution in [2.45, 2.75) is 58.7 Å². The van der Waals surface area contributed by atoms with Crippen LogP contribution < -0.4 is 10.6 Å². The molecule has 0 radical (unpaired) electrons.